The lowest BCUT2D eigenvalue weighted by Crippen LogP contribution is -2.13. The van der Waals surface area contributed by atoms with E-state index in [1.54, 1.807) is 6.07 Å². The number of aromatic amines is 1. The van der Waals surface area contributed by atoms with Crippen LogP contribution in [-0.2, 0) is 6.18 Å². The van der Waals surface area contributed by atoms with Crippen LogP contribution in [0.2, 0.25) is 0 Å². The molecule has 29 heavy (non-hydrogen) atoms. The topological polar surface area (TPSA) is 70.7 Å². The van der Waals surface area contributed by atoms with Crippen LogP contribution in [-0.4, -0.2) is 15.0 Å². The molecule has 2 aromatic heterocycles. The van der Waals surface area contributed by atoms with Gasteiger partial charge in [-0.3, -0.25) is 9.78 Å². The molecule has 5 nitrogen and oxygen atoms in total. The van der Waals surface area contributed by atoms with Gasteiger partial charge >= 0.3 is 6.18 Å². The lowest BCUT2D eigenvalue weighted by atomic mass is 10.0. The third-order valence-corrected chi connectivity index (χ3v) is 4.42. The molecule has 0 aliphatic rings. The van der Waals surface area contributed by atoms with Gasteiger partial charge in [0.15, 0.2) is 5.65 Å². The highest BCUT2D eigenvalue weighted by Crippen LogP contribution is 2.31. The molecule has 2 heterocycles. The Balaban J connectivity index is 1.76. The zero-order valence-electron chi connectivity index (χ0n) is 15.2. The number of nitrogens with zero attached hydrogens (tertiary/aromatic N) is 2. The van der Waals surface area contributed by atoms with E-state index < -0.39 is 17.3 Å². The normalized spacial score (nSPS) is 11.6. The van der Waals surface area contributed by atoms with Gasteiger partial charge in [0.2, 0.25) is 5.95 Å². The number of rotatable bonds is 3. The monoisotopic (exact) mass is 396 g/mol. The van der Waals surface area contributed by atoms with Crippen molar-refractivity contribution in [3.63, 3.8) is 0 Å². The van der Waals surface area contributed by atoms with E-state index in [-0.39, 0.29) is 17.3 Å². The van der Waals surface area contributed by atoms with Crippen molar-refractivity contribution in [2.75, 3.05) is 5.32 Å². The molecule has 0 saturated heterocycles. The summed E-state index contributed by atoms with van der Waals surface area (Å²) < 4.78 is 38.7. The Kier molecular flexibility index (Phi) is 4.54. The van der Waals surface area contributed by atoms with Crippen LogP contribution in [0.25, 0.3) is 22.2 Å². The Labute approximate surface area is 163 Å². The predicted molar refractivity (Wildman–Crippen MR) is 105 cm³/mol. The molecule has 0 amide bonds. The number of hydrogen-bond donors (Lipinski definition) is 2. The molecular weight excluding hydrogens is 381 g/mol. The van der Waals surface area contributed by atoms with Crippen molar-refractivity contribution in [2.24, 2.45) is 0 Å². The highest BCUT2D eigenvalue weighted by Gasteiger charge is 2.30. The second-order valence-corrected chi connectivity index (χ2v) is 6.54. The molecule has 0 unspecified atom stereocenters. The summed E-state index contributed by atoms with van der Waals surface area (Å²) in [6, 6.07) is 14.0. The van der Waals surface area contributed by atoms with Gasteiger partial charge in [-0.25, -0.2) is 4.98 Å². The number of fused-ring (bicyclic) bond motifs is 1. The number of hydrogen-bond acceptors (Lipinski definition) is 4. The standard InChI is InChI=1S/C21H15F3N4O/c1-12-5-7-13(8-6-12)16-9-10-25-18-17(16)19(29)28-20(27-18)26-15-4-2-3-14(11-15)21(22,23)24/h2-11H,1H3,(H2,25,26,27,28,29). The minimum absolute atomic E-state index is 0.00961. The second kappa shape index (κ2) is 7.05. The molecule has 0 spiro atoms. The van der Waals surface area contributed by atoms with Gasteiger partial charge in [-0.15, -0.1) is 0 Å². The second-order valence-electron chi connectivity index (χ2n) is 6.54. The molecule has 0 radical (unpaired) electrons. The molecule has 2 aromatic carbocycles. The largest absolute Gasteiger partial charge is 0.416 e. The molecule has 0 fully saturated rings. The van der Waals surface area contributed by atoms with Crippen molar-refractivity contribution < 1.29 is 13.2 Å². The number of pyridine rings is 1. The molecule has 4 rings (SSSR count). The van der Waals surface area contributed by atoms with Gasteiger partial charge in [0, 0.05) is 11.9 Å². The van der Waals surface area contributed by atoms with Crippen LogP contribution < -0.4 is 10.9 Å². The summed E-state index contributed by atoms with van der Waals surface area (Å²) in [6.07, 6.45) is -2.93. The lowest BCUT2D eigenvalue weighted by Gasteiger charge is -2.11. The van der Waals surface area contributed by atoms with Crippen LogP contribution in [0.3, 0.4) is 0 Å². The molecular formula is C21H15F3N4O. The summed E-state index contributed by atoms with van der Waals surface area (Å²) in [6.45, 7) is 1.97. The van der Waals surface area contributed by atoms with Gasteiger partial charge in [0.1, 0.15) is 0 Å². The maximum absolute atomic E-state index is 12.9. The molecule has 4 aromatic rings. The number of nitrogens with one attached hydrogen (secondary N) is 2. The van der Waals surface area contributed by atoms with Crippen molar-refractivity contribution >= 4 is 22.7 Å². The third kappa shape index (κ3) is 3.82. The first-order valence-electron chi connectivity index (χ1n) is 8.71. The van der Waals surface area contributed by atoms with Gasteiger partial charge in [0.05, 0.1) is 10.9 Å². The van der Waals surface area contributed by atoms with E-state index >= 15 is 0 Å². The van der Waals surface area contributed by atoms with E-state index in [0.29, 0.717) is 10.9 Å². The number of anilines is 2. The third-order valence-electron chi connectivity index (χ3n) is 4.42. The first-order valence-corrected chi connectivity index (χ1v) is 8.71. The quantitative estimate of drug-likeness (QED) is 0.508. The molecule has 0 atom stereocenters. The average Bonchev–Trinajstić information content (AvgIpc) is 2.68. The number of halogens is 3. The summed E-state index contributed by atoms with van der Waals surface area (Å²) >= 11 is 0. The van der Waals surface area contributed by atoms with Gasteiger partial charge < -0.3 is 5.32 Å². The molecule has 146 valence electrons. The molecule has 0 bridgehead atoms. The predicted octanol–water partition coefficient (Wildman–Crippen LogP) is 5.06. The van der Waals surface area contributed by atoms with Gasteiger partial charge in [-0.05, 0) is 42.3 Å². The number of H-pyrrole nitrogens is 1. The van der Waals surface area contributed by atoms with Crippen molar-refractivity contribution in [1.29, 1.82) is 0 Å². The fourth-order valence-electron chi connectivity index (χ4n) is 3.01. The van der Waals surface area contributed by atoms with Gasteiger partial charge in [0.25, 0.3) is 5.56 Å². The van der Waals surface area contributed by atoms with Crippen LogP contribution in [0.15, 0.2) is 65.6 Å². The molecule has 2 N–H and O–H groups in total. The Morgan fingerprint density at radius 3 is 2.52 bits per heavy atom. The van der Waals surface area contributed by atoms with Crippen molar-refractivity contribution in [1.82, 2.24) is 15.0 Å². The average molecular weight is 396 g/mol. The van der Waals surface area contributed by atoms with Crippen LogP contribution in [0.4, 0.5) is 24.8 Å². The summed E-state index contributed by atoms with van der Waals surface area (Å²) in [4.78, 5) is 23.7. The van der Waals surface area contributed by atoms with Crippen molar-refractivity contribution in [3.8, 4) is 11.1 Å². The molecule has 0 saturated carbocycles. The molecule has 0 aliphatic carbocycles. The zero-order chi connectivity index (χ0) is 20.6. The Bertz CT molecular complexity index is 1250. The summed E-state index contributed by atoms with van der Waals surface area (Å²) in [5.41, 5.74) is 1.71. The Morgan fingerprint density at radius 2 is 1.79 bits per heavy atom. The first kappa shape index (κ1) is 18.7. The maximum Gasteiger partial charge on any atom is 0.416 e. The Hall–Kier alpha value is -3.68. The number of aromatic nitrogens is 3. The van der Waals surface area contributed by atoms with Gasteiger partial charge in [-0.1, -0.05) is 35.9 Å². The number of aryl methyl sites for hydroxylation is 1. The van der Waals surface area contributed by atoms with Gasteiger partial charge in [-0.2, -0.15) is 18.2 Å². The SMILES string of the molecule is Cc1ccc(-c2ccnc3nc(Nc4cccc(C(F)(F)F)c4)[nH]c(=O)c23)cc1. The molecule has 8 heteroatoms. The number of alkyl halides is 3. The minimum atomic E-state index is -4.47. The van der Waals surface area contributed by atoms with Crippen molar-refractivity contribution in [2.45, 2.75) is 13.1 Å². The summed E-state index contributed by atoms with van der Waals surface area (Å²) in [5, 5.41) is 3.02. The van der Waals surface area contributed by atoms with Crippen LogP contribution in [0.5, 0.6) is 0 Å². The Morgan fingerprint density at radius 1 is 1.03 bits per heavy atom. The highest BCUT2D eigenvalue weighted by molar-refractivity contribution is 5.92. The highest BCUT2D eigenvalue weighted by atomic mass is 19.4. The van der Waals surface area contributed by atoms with Crippen LogP contribution in [0.1, 0.15) is 11.1 Å². The van der Waals surface area contributed by atoms with E-state index in [1.807, 2.05) is 31.2 Å². The fraction of sp³-hybridized carbons (Fsp3) is 0.0952. The van der Waals surface area contributed by atoms with Crippen LogP contribution in [0, 0.1) is 6.92 Å². The van der Waals surface area contributed by atoms with E-state index in [2.05, 4.69) is 20.3 Å². The zero-order valence-corrected chi connectivity index (χ0v) is 15.2. The minimum Gasteiger partial charge on any atom is -0.326 e. The van der Waals surface area contributed by atoms with Crippen molar-refractivity contribution in [3.05, 3.63) is 82.3 Å². The first-order chi connectivity index (χ1) is 13.8. The van der Waals surface area contributed by atoms with E-state index in [0.717, 1.165) is 23.3 Å². The maximum atomic E-state index is 12.9. The molecule has 0 aliphatic heterocycles. The van der Waals surface area contributed by atoms with E-state index in [4.69, 9.17) is 0 Å². The van der Waals surface area contributed by atoms with Crippen LogP contribution >= 0.6 is 0 Å². The smallest absolute Gasteiger partial charge is 0.326 e. The van der Waals surface area contributed by atoms with E-state index in [1.165, 1.54) is 18.3 Å². The summed E-state index contributed by atoms with van der Waals surface area (Å²) in [7, 11) is 0. The number of benzene rings is 2. The summed E-state index contributed by atoms with van der Waals surface area (Å²) in [5.74, 6) is 0.00961. The fourth-order valence-corrected chi connectivity index (χ4v) is 3.01. The van der Waals surface area contributed by atoms with E-state index in [9.17, 15) is 18.0 Å². The lowest BCUT2D eigenvalue weighted by molar-refractivity contribution is -0.137.